The van der Waals surface area contributed by atoms with Gasteiger partial charge in [0.05, 0.1) is 12.5 Å². The van der Waals surface area contributed by atoms with Crippen LogP contribution in [0.4, 0.5) is 0 Å². The van der Waals surface area contributed by atoms with E-state index in [0.717, 1.165) is 11.3 Å². The van der Waals surface area contributed by atoms with Gasteiger partial charge in [-0.3, -0.25) is 9.59 Å². The number of benzene rings is 1. The van der Waals surface area contributed by atoms with E-state index in [-0.39, 0.29) is 11.8 Å². The number of carbonyl (C=O) groups excluding carboxylic acids is 2. The van der Waals surface area contributed by atoms with Crippen LogP contribution in [-0.2, 0) is 16.1 Å². The third-order valence-corrected chi connectivity index (χ3v) is 4.26. The Bertz CT molecular complexity index is 559. The first-order valence-corrected chi connectivity index (χ1v) is 7.67. The Hall–Kier alpha value is -2.04. The second-order valence-electron chi connectivity index (χ2n) is 6.01. The largest absolute Gasteiger partial charge is 0.497 e. The van der Waals surface area contributed by atoms with E-state index < -0.39 is 5.41 Å². The number of rotatable bonds is 5. The van der Waals surface area contributed by atoms with Gasteiger partial charge >= 0.3 is 0 Å². The van der Waals surface area contributed by atoms with E-state index in [1.54, 1.807) is 12.0 Å². The van der Waals surface area contributed by atoms with Crippen molar-refractivity contribution in [1.82, 2.24) is 10.2 Å². The summed E-state index contributed by atoms with van der Waals surface area (Å²) in [5.41, 5.74) is 0.500. The molecule has 1 saturated heterocycles. The van der Waals surface area contributed by atoms with Gasteiger partial charge in [-0.1, -0.05) is 19.1 Å². The first kappa shape index (κ1) is 16.3. The van der Waals surface area contributed by atoms with Crippen molar-refractivity contribution < 1.29 is 14.3 Å². The first-order chi connectivity index (χ1) is 10.5. The minimum atomic E-state index is -0.496. The molecule has 2 rings (SSSR count). The van der Waals surface area contributed by atoms with E-state index in [0.29, 0.717) is 32.5 Å². The molecule has 0 aromatic heterocycles. The lowest BCUT2D eigenvalue weighted by atomic mass is 9.88. The molecule has 0 spiro atoms. The van der Waals surface area contributed by atoms with E-state index in [9.17, 15) is 9.59 Å². The van der Waals surface area contributed by atoms with Gasteiger partial charge in [0.1, 0.15) is 5.75 Å². The van der Waals surface area contributed by atoms with Crippen molar-refractivity contribution in [3.63, 3.8) is 0 Å². The summed E-state index contributed by atoms with van der Waals surface area (Å²) >= 11 is 0. The van der Waals surface area contributed by atoms with Crippen molar-refractivity contribution >= 4 is 11.8 Å². The Balaban J connectivity index is 1.93. The molecule has 22 heavy (non-hydrogen) atoms. The zero-order valence-electron chi connectivity index (χ0n) is 13.5. The minimum Gasteiger partial charge on any atom is -0.497 e. The Morgan fingerprint density at radius 1 is 1.41 bits per heavy atom. The van der Waals surface area contributed by atoms with Crippen molar-refractivity contribution in [2.75, 3.05) is 20.2 Å². The predicted octanol–water partition coefficient (Wildman–Crippen LogP) is 1.96. The van der Waals surface area contributed by atoms with Gasteiger partial charge in [0.15, 0.2) is 0 Å². The van der Waals surface area contributed by atoms with Gasteiger partial charge in [0, 0.05) is 26.1 Å². The molecule has 0 radical (unpaired) electrons. The summed E-state index contributed by atoms with van der Waals surface area (Å²) in [5.74, 6) is 0.893. The monoisotopic (exact) mass is 304 g/mol. The summed E-state index contributed by atoms with van der Waals surface area (Å²) in [4.78, 5) is 26.0. The lowest BCUT2D eigenvalue weighted by molar-refractivity contribution is -0.132. The SMILES string of the molecule is CCC(=O)N1CCC(C)(C(=O)NCc2cccc(OC)c2)C1. The fourth-order valence-electron chi connectivity index (χ4n) is 2.76. The molecule has 1 unspecified atom stereocenters. The Morgan fingerprint density at radius 2 is 2.18 bits per heavy atom. The molecule has 1 atom stereocenters. The third kappa shape index (κ3) is 3.59. The fraction of sp³-hybridized carbons (Fsp3) is 0.529. The number of likely N-dealkylation sites (tertiary alicyclic amines) is 1. The van der Waals surface area contributed by atoms with E-state index in [4.69, 9.17) is 4.74 Å². The van der Waals surface area contributed by atoms with E-state index in [1.807, 2.05) is 38.1 Å². The predicted molar refractivity (Wildman–Crippen MR) is 84.4 cm³/mol. The highest BCUT2D eigenvalue weighted by atomic mass is 16.5. The van der Waals surface area contributed by atoms with Crippen LogP contribution in [0.5, 0.6) is 5.75 Å². The molecular weight excluding hydrogens is 280 g/mol. The molecule has 1 aromatic carbocycles. The van der Waals surface area contributed by atoms with Crippen molar-refractivity contribution in [2.24, 2.45) is 5.41 Å². The average Bonchev–Trinajstić information content (AvgIpc) is 2.95. The van der Waals surface area contributed by atoms with Crippen LogP contribution in [0.3, 0.4) is 0 Å². The Labute approximate surface area is 131 Å². The summed E-state index contributed by atoms with van der Waals surface area (Å²) in [6.45, 7) is 5.41. The molecule has 1 heterocycles. The smallest absolute Gasteiger partial charge is 0.228 e. The van der Waals surface area contributed by atoms with Crippen LogP contribution >= 0.6 is 0 Å². The van der Waals surface area contributed by atoms with Gasteiger partial charge in [-0.15, -0.1) is 0 Å². The fourth-order valence-corrected chi connectivity index (χ4v) is 2.76. The maximum atomic E-state index is 12.5. The number of methoxy groups -OCH3 is 1. The zero-order chi connectivity index (χ0) is 16.2. The molecule has 0 aliphatic carbocycles. The average molecular weight is 304 g/mol. The molecule has 1 N–H and O–H groups in total. The van der Waals surface area contributed by atoms with Gasteiger partial charge in [-0.25, -0.2) is 0 Å². The van der Waals surface area contributed by atoms with Crippen LogP contribution in [0.25, 0.3) is 0 Å². The highest BCUT2D eigenvalue weighted by Crippen LogP contribution is 2.30. The molecule has 1 aromatic rings. The third-order valence-electron chi connectivity index (χ3n) is 4.26. The number of hydrogen-bond donors (Lipinski definition) is 1. The Kier molecular flexibility index (Phi) is 5.06. The summed E-state index contributed by atoms with van der Waals surface area (Å²) in [6, 6.07) is 7.63. The molecule has 1 fully saturated rings. The molecule has 120 valence electrons. The number of nitrogens with one attached hydrogen (secondary N) is 1. The minimum absolute atomic E-state index is 0.00160. The molecule has 2 amide bonds. The van der Waals surface area contributed by atoms with Crippen LogP contribution < -0.4 is 10.1 Å². The van der Waals surface area contributed by atoms with Gasteiger partial charge in [0.25, 0.3) is 0 Å². The normalized spacial score (nSPS) is 20.8. The molecule has 1 aliphatic rings. The van der Waals surface area contributed by atoms with Crippen molar-refractivity contribution in [3.8, 4) is 5.75 Å². The first-order valence-electron chi connectivity index (χ1n) is 7.67. The maximum Gasteiger partial charge on any atom is 0.228 e. The van der Waals surface area contributed by atoms with Crippen molar-refractivity contribution in [2.45, 2.75) is 33.2 Å². The van der Waals surface area contributed by atoms with Crippen LogP contribution in [-0.4, -0.2) is 36.9 Å². The topological polar surface area (TPSA) is 58.6 Å². The van der Waals surface area contributed by atoms with Crippen LogP contribution in [0.15, 0.2) is 24.3 Å². The zero-order valence-corrected chi connectivity index (χ0v) is 13.5. The van der Waals surface area contributed by atoms with Gasteiger partial charge < -0.3 is 15.0 Å². The molecular formula is C17H24N2O3. The van der Waals surface area contributed by atoms with E-state index >= 15 is 0 Å². The highest BCUT2D eigenvalue weighted by molar-refractivity contribution is 5.85. The van der Waals surface area contributed by atoms with Gasteiger partial charge in [0.2, 0.25) is 11.8 Å². The highest BCUT2D eigenvalue weighted by Gasteiger charge is 2.41. The summed E-state index contributed by atoms with van der Waals surface area (Å²) < 4.78 is 5.18. The maximum absolute atomic E-state index is 12.5. The van der Waals surface area contributed by atoms with Gasteiger partial charge in [-0.05, 0) is 31.0 Å². The second-order valence-corrected chi connectivity index (χ2v) is 6.01. The number of hydrogen-bond acceptors (Lipinski definition) is 3. The summed E-state index contributed by atoms with van der Waals surface area (Å²) in [5, 5.41) is 2.98. The van der Waals surface area contributed by atoms with Crippen molar-refractivity contribution in [1.29, 1.82) is 0 Å². The number of carbonyl (C=O) groups is 2. The quantitative estimate of drug-likeness (QED) is 0.904. The summed E-state index contributed by atoms with van der Waals surface area (Å²) in [6.07, 6.45) is 1.20. The molecule has 5 nitrogen and oxygen atoms in total. The van der Waals surface area contributed by atoms with E-state index in [2.05, 4.69) is 5.32 Å². The van der Waals surface area contributed by atoms with Crippen LogP contribution in [0.1, 0.15) is 32.3 Å². The van der Waals surface area contributed by atoms with Crippen LogP contribution in [0.2, 0.25) is 0 Å². The van der Waals surface area contributed by atoms with Gasteiger partial charge in [-0.2, -0.15) is 0 Å². The Morgan fingerprint density at radius 3 is 2.86 bits per heavy atom. The molecule has 1 aliphatic heterocycles. The second kappa shape index (κ2) is 6.81. The van der Waals surface area contributed by atoms with Crippen LogP contribution in [0, 0.1) is 5.41 Å². The van der Waals surface area contributed by atoms with Crippen molar-refractivity contribution in [3.05, 3.63) is 29.8 Å². The lowest BCUT2D eigenvalue weighted by Crippen LogP contribution is -2.41. The number of ether oxygens (including phenoxy) is 1. The molecule has 0 saturated carbocycles. The number of nitrogens with zero attached hydrogens (tertiary/aromatic N) is 1. The number of amides is 2. The standard InChI is InChI=1S/C17H24N2O3/c1-4-15(20)19-9-8-17(2,12-19)16(21)18-11-13-6-5-7-14(10-13)22-3/h5-7,10H,4,8-9,11-12H2,1-3H3,(H,18,21). The molecule has 5 heteroatoms. The molecule has 0 bridgehead atoms. The summed E-state index contributed by atoms with van der Waals surface area (Å²) in [7, 11) is 1.62. The lowest BCUT2D eigenvalue weighted by Gasteiger charge is -2.23. The van der Waals surface area contributed by atoms with E-state index in [1.165, 1.54) is 0 Å².